The molecule has 1 aliphatic rings. The van der Waals surface area contributed by atoms with E-state index in [1.165, 1.54) is 5.69 Å². The Bertz CT molecular complexity index is 369. The molecule has 2 heterocycles. The predicted octanol–water partition coefficient (Wildman–Crippen LogP) is 2.09. The molecule has 3 nitrogen and oxygen atoms in total. The minimum Gasteiger partial charge on any atom is -0.381 e. The maximum absolute atomic E-state index is 8.97. The zero-order valence-corrected chi connectivity index (χ0v) is 9.07. The summed E-state index contributed by atoms with van der Waals surface area (Å²) in [6.45, 7) is 4.75. The molecule has 0 saturated carbocycles. The first-order valence-electron chi connectivity index (χ1n) is 5.45. The van der Waals surface area contributed by atoms with Gasteiger partial charge in [-0.05, 0) is 37.8 Å². The molecule has 0 radical (unpaired) electrons. The third-order valence-electron chi connectivity index (χ3n) is 3.10. The molecule has 1 aromatic rings. The average molecular weight is 204 g/mol. The summed E-state index contributed by atoms with van der Waals surface area (Å²) in [5.74, 6) is 0.664. The van der Waals surface area contributed by atoms with E-state index in [0.717, 1.165) is 38.3 Å². The van der Waals surface area contributed by atoms with Crippen molar-refractivity contribution in [2.75, 3.05) is 13.2 Å². The lowest BCUT2D eigenvalue weighted by Crippen LogP contribution is -2.21. The van der Waals surface area contributed by atoms with Gasteiger partial charge < -0.3 is 9.30 Å². The summed E-state index contributed by atoms with van der Waals surface area (Å²) in [5.41, 5.74) is 1.96. The maximum Gasteiger partial charge on any atom is 0.120 e. The van der Waals surface area contributed by atoms with Gasteiger partial charge >= 0.3 is 0 Å². The molecule has 0 bridgehead atoms. The summed E-state index contributed by atoms with van der Waals surface area (Å²) in [4.78, 5) is 0. The van der Waals surface area contributed by atoms with Crippen LogP contribution in [0.25, 0.3) is 0 Å². The molecule has 0 amide bonds. The summed E-state index contributed by atoms with van der Waals surface area (Å²) in [7, 11) is 0. The number of hydrogen-bond donors (Lipinski definition) is 0. The fourth-order valence-corrected chi connectivity index (χ4v) is 2.10. The van der Waals surface area contributed by atoms with E-state index in [0.29, 0.717) is 5.92 Å². The van der Waals surface area contributed by atoms with Crippen LogP contribution in [-0.2, 0) is 11.3 Å². The molecule has 15 heavy (non-hydrogen) atoms. The highest BCUT2D eigenvalue weighted by Gasteiger charge is 2.16. The van der Waals surface area contributed by atoms with Gasteiger partial charge in [-0.2, -0.15) is 5.26 Å². The zero-order chi connectivity index (χ0) is 10.7. The molecule has 80 valence electrons. The van der Waals surface area contributed by atoms with Crippen LogP contribution in [0.1, 0.15) is 24.2 Å². The van der Waals surface area contributed by atoms with Gasteiger partial charge in [-0.3, -0.25) is 0 Å². The van der Waals surface area contributed by atoms with E-state index in [4.69, 9.17) is 10.00 Å². The van der Waals surface area contributed by atoms with Crippen molar-refractivity contribution in [3.63, 3.8) is 0 Å². The Hall–Kier alpha value is -1.27. The Morgan fingerprint density at radius 1 is 1.47 bits per heavy atom. The molecule has 0 aromatic carbocycles. The van der Waals surface area contributed by atoms with Crippen molar-refractivity contribution >= 4 is 0 Å². The molecule has 0 N–H and O–H groups in total. The Morgan fingerprint density at radius 2 is 2.20 bits per heavy atom. The van der Waals surface area contributed by atoms with Gasteiger partial charge in [0.15, 0.2) is 0 Å². The molecule has 1 aliphatic heterocycles. The molecule has 0 unspecified atom stereocenters. The fraction of sp³-hybridized carbons (Fsp3) is 0.583. The molecular weight excluding hydrogens is 188 g/mol. The maximum atomic E-state index is 8.97. The summed E-state index contributed by atoms with van der Waals surface area (Å²) in [6, 6.07) is 6.15. The molecule has 0 spiro atoms. The van der Waals surface area contributed by atoms with Crippen molar-refractivity contribution in [3.8, 4) is 6.07 Å². The number of aromatic nitrogens is 1. The largest absolute Gasteiger partial charge is 0.381 e. The van der Waals surface area contributed by atoms with E-state index in [-0.39, 0.29) is 0 Å². The van der Waals surface area contributed by atoms with Gasteiger partial charge in [-0.15, -0.1) is 0 Å². The Labute approximate surface area is 90.3 Å². The Balaban J connectivity index is 2.09. The Morgan fingerprint density at radius 3 is 2.87 bits per heavy atom. The molecule has 1 fully saturated rings. The lowest BCUT2D eigenvalue weighted by molar-refractivity contribution is 0.0610. The van der Waals surface area contributed by atoms with Gasteiger partial charge in [0.05, 0.1) is 0 Å². The van der Waals surface area contributed by atoms with Gasteiger partial charge in [-0.25, -0.2) is 0 Å². The average Bonchev–Trinajstić information content (AvgIpc) is 2.62. The minimum absolute atomic E-state index is 0.664. The highest BCUT2D eigenvalue weighted by molar-refractivity contribution is 5.26. The van der Waals surface area contributed by atoms with Crippen LogP contribution in [0.15, 0.2) is 12.1 Å². The number of rotatable bonds is 2. The van der Waals surface area contributed by atoms with Crippen LogP contribution < -0.4 is 0 Å². The second-order valence-corrected chi connectivity index (χ2v) is 4.14. The summed E-state index contributed by atoms with van der Waals surface area (Å²) >= 11 is 0. The van der Waals surface area contributed by atoms with Gasteiger partial charge in [0.25, 0.3) is 0 Å². The topological polar surface area (TPSA) is 38.0 Å². The van der Waals surface area contributed by atoms with Crippen molar-refractivity contribution in [2.24, 2.45) is 5.92 Å². The van der Waals surface area contributed by atoms with Crippen molar-refractivity contribution in [1.82, 2.24) is 4.57 Å². The molecule has 0 atom stereocenters. The fourth-order valence-electron chi connectivity index (χ4n) is 2.10. The van der Waals surface area contributed by atoms with Crippen LogP contribution in [0.3, 0.4) is 0 Å². The van der Waals surface area contributed by atoms with Crippen LogP contribution in [0.2, 0.25) is 0 Å². The van der Waals surface area contributed by atoms with Crippen LogP contribution in [0.5, 0.6) is 0 Å². The SMILES string of the molecule is Cc1ccc(C#N)n1CC1CCOCC1. The third kappa shape index (κ3) is 2.21. The van der Waals surface area contributed by atoms with E-state index in [1.54, 1.807) is 0 Å². The quantitative estimate of drug-likeness (QED) is 0.739. The Kier molecular flexibility index (Phi) is 3.08. The molecule has 3 heteroatoms. The van der Waals surface area contributed by atoms with Crippen molar-refractivity contribution in [2.45, 2.75) is 26.3 Å². The van der Waals surface area contributed by atoms with Gasteiger partial charge in [0.1, 0.15) is 11.8 Å². The lowest BCUT2D eigenvalue weighted by atomic mass is 10.0. The van der Waals surface area contributed by atoms with E-state index >= 15 is 0 Å². The molecule has 0 aliphatic carbocycles. The molecular formula is C12H16N2O. The van der Waals surface area contributed by atoms with Gasteiger partial charge in [0, 0.05) is 25.5 Å². The van der Waals surface area contributed by atoms with Crippen molar-refractivity contribution in [1.29, 1.82) is 5.26 Å². The molecule has 1 aromatic heterocycles. The number of hydrogen-bond acceptors (Lipinski definition) is 2. The zero-order valence-electron chi connectivity index (χ0n) is 9.07. The van der Waals surface area contributed by atoms with E-state index in [9.17, 15) is 0 Å². The summed E-state index contributed by atoms with van der Waals surface area (Å²) in [6.07, 6.45) is 2.23. The second-order valence-electron chi connectivity index (χ2n) is 4.14. The third-order valence-corrected chi connectivity index (χ3v) is 3.10. The highest BCUT2D eigenvalue weighted by atomic mass is 16.5. The van der Waals surface area contributed by atoms with Crippen LogP contribution in [-0.4, -0.2) is 17.8 Å². The highest BCUT2D eigenvalue weighted by Crippen LogP contribution is 2.19. The first-order valence-corrected chi connectivity index (χ1v) is 5.45. The smallest absolute Gasteiger partial charge is 0.120 e. The van der Waals surface area contributed by atoms with Gasteiger partial charge in [0.2, 0.25) is 0 Å². The van der Waals surface area contributed by atoms with Crippen LogP contribution in [0.4, 0.5) is 0 Å². The van der Waals surface area contributed by atoms with Crippen molar-refractivity contribution in [3.05, 3.63) is 23.5 Å². The first kappa shape index (κ1) is 10.3. The molecule has 1 saturated heterocycles. The van der Waals surface area contributed by atoms with Crippen molar-refractivity contribution < 1.29 is 4.74 Å². The first-order chi connectivity index (χ1) is 7.31. The number of aryl methyl sites for hydroxylation is 1. The standard InChI is InChI=1S/C12H16N2O/c1-10-2-3-12(8-13)14(10)9-11-4-6-15-7-5-11/h2-3,11H,4-7,9H2,1H3. The lowest BCUT2D eigenvalue weighted by Gasteiger charge is -2.23. The summed E-state index contributed by atoms with van der Waals surface area (Å²) in [5, 5.41) is 8.97. The van der Waals surface area contributed by atoms with E-state index in [2.05, 4.69) is 17.6 Å². The minimum atomic E-state index is 0.664. The summed E-state index contributed by atoms with van der Waals surface area (Å²) < 4.78 is 7.45. The predicted molar refractivity (Wildman–Crippen MR) is 57.4 cm³/mol. The number of nitriles is 1. The number of ether oxygens (including phenoxy) is 1. The second kappa shape index (κ2) is 4.50. The van der Waals surface area contributed by atoms with Crippen LogP contribution >= 0.6 is 0 Å². The van der Waals surface area contributed by atoms with Gasteiger partial charge in [-0.1, -0.05) is 0 Å². The van der Waals surface area contributed by atoms with E-state index in [1.807, 2.05) is 12.1 Å². The van der Waals surface area contributed by atoms with E-state index < -0.39 is 0 Å². The monoisotopic (exact) mass is 204 g/mol. The van der Waals surface area contributed by atoms with Crippen LogP contribution in [0, 0.1) is 24.2 Å². The number of nitrogens with zero attached hydrogens (tertiary/aromatic N) is 2. The normalized spacial score (nSPS) is 17.6. The molecule has 2 rings (SSSR count).